The largest absolute Gasteiger partial charge is 0.462 e. The van der Waals surface area contributed by atoms with Gasteiger partial charge in [0.15, 0.2) is 0 Å². The maximum atomic E-state index is 11.9. The number of benzene rings is 2. The number of esters is 1. The molecule has 0 N–H and O–H groups in total. The van der Waals surface area contributed by atoms with Gasteiger partial charge in [-0.15, -0.1) is 0 Å². The van der Waals surface area contributed by atoms with E-state index in [2.05, 4.69) is 0 Å². The number of hydrogen-bond donors (Lipinski definition) is 0. The number of carbonyl (C=O) groups is 1. The molecule has 0 atom stereocenters. The van der Waals surface area contributed by atoms with E-state index in [9.17, 15) is 4.79 Å². The Labute approximate surface area is 144 Å². The first-order valence-corrected chi connectivity index (χ1v) is 7.99. The maximum Gasteiger partial charge on any atom is 0.338 e. The molecule has 0 aliphatic heterocycles. The van der Waals surface area contributed by atoms with E-state index in [0.29, 0.717) is 22.2 Å². The summed E-state index contributed by atoms with van der Waals surface area (Å²) in [6.07, 6.45) is 0. The summed E-state index contributed by atoms with van der Waals surface area (Å²) >= 11 is 12.2. The van der Waals surface area contributed by atoms with Crippen LogP contribution < -0.4 is 0 Å². The number of aryl methyl sites for hydroxylation is 1. The molecule has 0 bridgehead atoms. The number of halogens is 2. The highest BCUT2D eigenvalue weighted by Crippen LogP contribution is 2.33. The van der Waals surface area contributed by atoms with Crippen LogP contribution >= 0.6 is 23.2 Å². The van der Waals surface area contributed by atoms with Crippen molar-refractivity contribution < 1.29 is 9.53 Å². The van der Waals surface area contributed by atoms with Crippen LogP contribution in [-0.4, -0.2) is 17.1 Å². The van der Waals surface area contributed by atoms with E-state index in [-0.39, 0.29) is 5.97 Å². The lowest BCUT2D eigenvalue weighted by molar-refractivity contribution is 0.0526. The van der Waals surface area contributed by atoms with Crippen molar-refractivity contribution in [1.29, 1.82) is 0 Å². The molecular weight excluding hydrogens is 333 g/mol. The molecule has 2 aromatic carbocycles. The lowest BCUT2D eigenvalue weighted by Crippen LogP contribution is -2.04. The molecule has 0 aliphatic rings. The quantitative estimate of drug-likeness (QED) is 0.599. The molecule has 0 radical (unpaired) electrons. The van der Waals surface area contributed by atoms with Gasteiger partial charge in [-0.2, -0.15) is 0 Å². The van der Waals surface area contributed by atoms with Crippen LogP contribution in [0.3, 0.4) is 0 Å². The van der Waals surface area contributed by atoms with Gasteiger partial charge in [0, 0.05) is 23.6 Å². The standard InChI is InChI=1S/C18H15Cl2NO2/c1-3-23-18(22)12-6-4-5-11(7-12)16-9-13-8-14(19)15(20)10-17(13)21(16)2/h4-10H,3H2,1-2H3. The van der Waals surface area contributed by atoms with Gasteiger partial charge in [0.2, 0.25) is 0 Å². The van der Waals surface area contributed by atoms with Crippen molar-refractivity contribution in [1.82, 2.24) is 4.57 Å². The highest BCUT2D eigenvalue weighted by atomic mass is 35.5. The number of ether oxygens (including phenoxy) is 1. The van der Waals surface area contributed by atoms with Crippen molar-refractivity contribution in [3.05, 3.63) is 58.1 Å². The van der Waals surface area contributed by atoms with Crippen molar-refractivity contribution in [3.63, 3.8) is 0 Å². The number of carbonyl (C=O) groups excluding carboxylic acids is 1. The SMILES string of the molecule is CCOC(=O)c1cccc(-c2cc3cc(Cl)c(Cl)cc3n2C)c1. The second kappa shape index (κ2) is 6.26. The van der Waals surface area contributed by atoms with E-state index >= 15 is 0 Å². The number of hydrogen-bond acceptors (Lipinski definition) is 2. The fourth-order valence-corrected chi connectivity index (χ4v) is 2.96. The summed E-state index contributed by atoms with van der Waals surface area (Å²) in [6, 6.07) is 13.1. The zero-order chi connectivity index (χ0) is 16.6. The van der Waals surface area contributed by atoms with Gasteiger partial charge in [0.1, 0.15) is 0 Å². The Morgan fingerprint density at radius 2 is 1.87 bits per heavy atom. The molecule has 23 heavy (non-hydrogen) atoms. The number of nitrogens with zero attached hydrogens (tertiary/aromatic N) is 1. The van der Waals surface area contributed by atoms with Crippen molar-refractivity contribution in [2.75, 3.05) is 6.61 Å². The number of fused-ring (bicyclic) bond motifs is 1. The molecule has 3 aromatic rings. The third-order valence-corrected chi connectivity index (χ3v) is 4.48. The molecule has 0 fully saturated rings. The van der Waals surface area contributed by atoms with Crippen LogP contribution in [0.2, 0.25) is 10.0 Å². The van der Waals surface area contributed by atoms with Crippen LogP contribution in [0.4, 0.5) is 0 Å². The van der Waals surface area contributed by atoms with E-state index in [1.165, 1.54) is 0 Å². The minimum absolute atomic E-state index is 0.320. The van der Waals surface area contributed by atoms with Gasteiger partial charge in [0.05, 0.1) is 22.2 Å². The predicted molar refractivity (Wildman–Crippen MR) is 94.3 cm³/mol. The summed E-state index contributed by atoms with van der Waals surface area (Å²) in [4.78, 5) is 11.9. The Kier molecular flexibility index (Phi) is 4.33. The zero-order valence-corrected chi connectivity index (χ0v) is 14.3. The van der Waals surface area contributed by atoms with E-state index in [0.717, 1.165) is 22.2 Å². The van der Waals surface area contributed by atoms with Gasteiger partial charge in [-0.05, 0) is 42.8 Å². The molecule has 1 heterocycles. The first kappa shape index (κ1) is 15.9. The van der Waals surface area contributed by atoms with Crippen molar-refractivity contribution >= 4 is 40.1 Å². The summed E-state index contributed by atoms with van der Waals surface area (Å²) in [5.74, 6) is -0.320. The third-order valence-electron chi connectivity index (χ3n) is 3.75. The molecule has 1 aromatic heterocycles. The molecule has 0 spiro atoms. The molecule has 0 unspecified atom stereocenters. The maximum absolute atomic E-state index is 11.9. The third kappa shape index (κ3) is 2.94. The van der Waals surface area contributed by atoms with Gasteiger partial charge in [-0.3, -0.25) is 0 Å². The second-order valence-electron chi connectivity index (χ2n) is 5.22. The Bertz CT molecular complexity index is 899. The smallest absolute Gasteiger partial charge is 0.338 e. The Balaban J connectivity index is 2.12. The van der Waals surface area contributed by atoms with E-state index in [1.807, 2.05) is 48.0 Å². The van der Waals surface area contributed by atoms with Gasteiger partial charge in [0.25, 0.3) is 0 Å². The summed E-state index contributed by atoms with van der Waals surface area (Å²) < 4.78 is 7.09. The summed E-state index contributed by atoms with van der Waals surface area (Å²) in [7, 11) is 1.96. The molecule has 118 valence electrons. The molecular formula is C18H15Cl2NO2. The predicted octanol–water partition coefficient (Wildman–Crippen LogP) is 5.33. The van der Waals surface area contributed by atoms with Gasteiger partial charge in [-0.25, -0.2) is 4.79 Å². The first-order chi connectivity index (χ1) is 11.0. The molecule has 0 saturated carbocycles. The summed E-state index contributed by atoms with van der Waals surface area (Å²) in [5.41, 5.74) is 3.42. The van der Waals surface area contributed by atoms with Crippen molar-refractivity contribution in [3.8, 4) is 11.3 Å². The Morgan fingerprint density at radius 1 is 1.13 bits per heavy atom. The summed E-state index contributed by atoms with van der Waals surface area (Å²) in [5, 5.41) is 2.04. The molecule has 5 heteroatoms. The molecule has 3 rings (SSSR count). The van der Waals surface area contributed by atoms with Gasteiger partial charge < -0.3 is 9.30 Å². The van der Waals surface area contributed by atoms with Gasteiger partial charge in [-0.1, -0.05) is 35.3 Å². The van der Waals surface area contributed by atoms with Crippen molar-refractivity contribution in [2.24, 2.45) is 7.05 Å². The molecule has 0 amide bonds. The number of aromatic nitrogens is 1. The topological polar surface area (TPSA) is 31.2 Å². The molecule has 0 aliphatic carbocycles. The lowest BCUT2D eigenvalue weighted by Gasteiger charge is -2.07. The normalized spacial score (nSPS) is 11.0. The fraction of sp³-hybridized carbons (Fsp3) is 0.167. The Hall–Kier alpha value is -1.97. The minimum Gasteiger partial charge on any atom is -0.462 e. The minimum atomic E-state index is -0.320. The Morgan fingerprint density at radius 3 is 2.61 bits per heavy atom. The average molecular weight is 348 g/mol. The second-order valence-corrected chi connectivity index (χ2v) is 6.03. The zero-order valence-electron chi connectivity index (χ0n) is 12.8. The monoisotopic (exact) mass is 347 g/mol. The van der Waals surface area contributed by atoms with E-state index in [4.69, 9.17) is 27.9 Å². The first-order valence-electron chi connectivity index (χ1n) is 7.23. The van der Waals surface area contributed by atoms with Crippen LogP contribution in [0.1, 0.15) is 17.3 Å². The van der Waals surface area contributed by atoms with Gasteiger partial charge >= 0.3 is 5.97 Å². The van der Waals surface area contributed by atoms with Crippen LogP contribution in [-0.2, 0) is 11.8 Å². The molecule has 0 saturated heterocycles. The number of rotatable bonds is 3. The van der Waals surface area contributed by atoms with E-state index in [1.54, 1.807) is 13.0 Å². The summed E-state index contributed by atoms with van der Waals surface area (Å²) in [6.45, 7) is 2.15. The lowest BCUT2D eigenvalue weighted by atomic mass is 10.1. The fourth-order valence-electron chi connectivity index (χ4n) is 2.63. The van der Waals surface area contributed by atoms with E-state index < -0.39 is 0 Å². The van der Waals surface area contributed by atoms with Crippen LogP contribution in [0.25, 0.3) is 22.2 Å². The van der Waals surface area contributed by atoms with Crippen LogP contribution in [0, 0.1) is 0 Å². The average Bonchev–Trinajstić information content (AvgIpc) is 2.85. The van der Waals surface area contributed by atoms with Crippen molar-refractivity contribution in [2.45, 2.75) is 6.92 Å². The molecule has 3 nitrogen and oxygen atoms in total. The highest BCUT2D eigenvalue weighted by molar-refractivity contribution is 6.42. The van der Waals surface area contributed by atoms with Crippen LogP contribution in [0.15, 0.2) is 42.5 Å². The highest BCUT2D eigenvalue weighted by Gasteiger charge is 2.13. The van der Waals surface area contributed by atoms with Crippen LogP contribution in [0.5, 0.6) is 0 Å².